The Morgan fingerprint density at radius 2 is 1.92 bits per heavy atom. The molecule has 0 aliphatic rings. The molecule has 0 amide bonds. The van der Waals surface area contributed by atoms with Gasteiger partial charge in [-0.25, -0.2) is 0 Å². The van der Waals surface area contributed by atoms with Gasteiger partial charge in [0, 0.05) is 5.57 Å². The molecule has 0 saturated heterocycles. The third-order valence-corrected chi connectivity index (χ3v) is 1.81. The third kappa shape index (κ3) is 1.77. The first-order valence-electron chi connectivity index (χ1n) is 3.98. The van der Waals surface area contributed by atoms with E-state index in [-0.39, 0.29) is 0 Å². The van der Waals surface area contributed by atoms with Crippen LogP contribution in [0.15, 0.2) is 30.3 Å². The van der Waals surface area contributed by atoms with Crippen LogP contribution in [-0.2, 0) is 0 Å². The van der Waals surface area contributed by atoms with Crippen LogP contribution in [0.1, 0.15) is 18.1 Å². The van der Waals surface area contributed by atoms with Crippen molar-refractivity contribution in [3.05, 3.63) is 41.5 Å². The van der Waals surface area contributed by atoms with Gasteiger partial charge in [0.1, 0.15) is 0 Å². The predicted molar refractivity (Wildman–Crippen MR) is 53.7 cm³/mol. The molecule has 1 aromatic carbocycles. The maximum absolute atomic E-state index is 5.34. The second kappa shape index (κ2) is 3.78. The van der Waals surface area contributed by atoms with Crippen LogP contribution in [0.5, 0.6) is 0 Å². The van der Waals surface area contributed by atoms with E-state index in [2.05, 4.69) is 25.0 Å². The van der Waals surface area contributed by atoms with Gasteiger partial charge in [-0.3, -0.25) is 0 Å². The lowest BCUT2D eigenvalue weighted by Gasteiger charge is -1.99. The summed E-state index contributed by atoms with van der Waals surface area (Å²) in [7, 11) is 0. The van der Waals surface area contributed by atoms with Gasteiger partial charge in [-0.05, 0) is 19.4 Å². The third-order valence-electron chi connectivity index (χ3n) is 1.81. The zero-order valence-electron chi connectivity index (χ0n) is 7.46. The molecule has 0 nitrogen and oxygen atoms in total. The van der Waals surface area contributed by atoms with Crippen LogP contribution in [0.4, 0.5) is 0 Å². The zero-order valence-corrected chi connectivity index (χ0v) is 7.46. The highest BCUT2D eigenvalue weighted by Gasteiger charge is 1.94. The Labute approximate surface area is 73.9 Å². The van der Waals surface area contributed by atoms with E-state index in [0.29, 0.717) is 0 Å². The fourth-order valence-corrected chi connectivity index (χ4v) is 1.07. The molecule has 0 aromatic heterocycles. The minimum Gasteiger partial charge on any atom is -0.115 e. The van der Waals surface area contributed by atoms with Gasteiger partial charge in [-0.1, -0.05) is 41.8 Å². The minimum atomic E-state index is 0.954. The zero-order chi connectivity index (χ0) is 8.97. The Balaban J connectivity index is 3.06. The normalized spacial score (nSPS) is 10.9. The average molecular weight is 156 g/mol. The first-order valence-corrected chi connectivity index (χ1v) is 3.98. The number of hydrogen-bond acceptors (Lipinski definition) is 0. The molecule has 1 aromatic rings. The van der Waals surface area contributed by atoms with E-state index < -0.39 is 0 Å². The summed E-state index contributed by atoms with van der Waals surface area (Å²) in [6, 6.07) is 8.22. The first-order chi connectivity index (χ1) is 5.77. The number of terminal acetylenes is 1. The van der Waals surface area contributed by atoms with Gasteiger partial charge < -0.3 is 0 Å². The van der Waals surface area contributed by atoms with Crippen molar-refractivity contribution in [2.24, 2.45) is 0 Å². The molecule has 60 valence electrons. The lowest BCUT2D eigenvalue weighted by atomic mass is 10.1. The number of benzene rings is 1. The largest absolute Gasteiger partial charge is 0.115 e. The van der Waals surface area contributed by atoms with E-state index in [1.165, 1.54) is 5.56 Å². The molecule has 0 aliphatic carbocycles. The topological polar surface area (TPSA) is 0 Å². The molecule has 0 radical (unpaired) electrons. The lowest BCUT2D eigenvalue weighted by molar-refractivity contribution is 1.45. The summed E-state index contributed by atoms with van der Waals surface area (Å²) in [4.78, 5) is 0. The Kier molecular flexibility index (Phi) is 2.71. The second-order valence-electron chi connectivity index (χ2n) is 2.71. The van der Waals surface area contributed by atoms with Crippen molar-refractivity contribution in [3.8, 4) is 12.3 Å². The minimum absolute atomic E-state index is 0.954. The Morgan fingerprint density at radius 1 is 1.33 bits per heavy atom. The van der Waals surface area contributed by atoms with Crippen LogP contribution in [-0.4, -0.2) is 0 Å². The van der Waals surface area contributed by atoms with E-state index in [4.69, 9.17) is 6.42 Å². The lowest BCUT2D eigenvalue weighted by Crippen LogP contribution is -1.80. The summed E-state index contributed by atoms with van der Waals surface area (Å²) in [6.45, 7) is 4.02. The van der Waals surface area contributed by atoms with Crippen LogP contribution < -0.4 is 0 Å². The molecule has 0 unspecified atom stereocenters. The molecule has 0 heterocycles. The average Bonchev–Trinajstić information content (AvgIpc) is 2.10. The fourth-order valence-electron chi connectivity index (χ4n) is 1.07. The van der Waals surface area contributed by atoms with Gasteiger partial charge in [-0.2, -0.15) is 0 Å². The maximum atomic E-state index is 5.34. The molecule has 0 bridgehead atoms. The standard InChI is InChI=1S/C12H12/c1-4-11(5-2)12-8-6-10(3)7-9-12/h1,5-9H,2-3H3. The smallest absolute Gasteiger partial charge is 0.0272 e. The Hall–Kier alpha value is -1.48. The number of aryl methyl sites for hydroxylation is 1. The first kappa shape index (κ1) is 8.62. The molecule has 12 heavy (non-hydrogen) atoms. The van der Waals surface area contributed by atoms with Crippen LogP contribution in [0.3, 0.4) is 0 Å². The highest BCUT2D eigenvalue weighted by Crippen LogP contribution is 2.13. The van der Waals surface area contributed by atoms with E-state index >= 15 is 0 Å². The molecule has 0 saturated carbocycles. The van der Waals surface area contributed by atoms with E-state index in [1.807, 2.05) is 25.1 Å². The molecule has 0 N–H and O–H groups in total. The van der Waals surface area contributed by atoms with Crippen molar-refractivity contribution < 1.29 is 0 Å². The molecule has 0 spiro atoms. The van der Waals surface area contributed by atoms with Crippen molar-refractivity contribution in [3.63, 3.8) is 0 Å². The molecule has 0 aliphatic heterocycles. The van der Waals surface area contributed by atoms with Crippen molar-refractivity contribution in [2.75, 3.05) is 0 Å². The molecular formula is C12H12. The highest BCUT2D eigenvalue weighted by atomic mass is 14.0. The summed E-state index contributed by atoms with van der Waals surface area (Å²) < 4.78 is 0. The Morgan fingerprint density at radius 3 is 2.33 bits per heavy atom. The predicted octanol–water partition coefficient (Wildman–Crippen LogP) is 3.03. The Bertz CT molecular complexity index is 320. The number of rotatable bonds is 1. The van der Waals surface area contributed by atoms with Crippen LogP contribution in [0.25, 0.3) is 5.57 Å². The highest BCUT2D eigenvalue weighted by molar-refractivity contribution is 5.77. The summed E-state index contributed by atoms with van der Waals surface area (Å²) in [5.41, 5.74) is 3.33. The molecule has 1 rings (SSSR count). The maximum Gasteiger partial charge on any atom is 0.0272 e. The van der Waals surface area contributed by atoms with Gasteiger partial charge in [0.25, 0.3) is 0 Å². The van der Waals surface area contributed by atoms with Gasteiger partial charge in [0.05, 0.1) is 0 Å². The van der Waals surface area contributed by atoms with Crippen molar-refractivity contribution >= 4 is 5.57 Å². The molecule has 0 atom stereocenters. The van der Waals surface area contributed by atoms with E-state index in [0.717, 1.165) is 11.1 Å². The van der Waals surface area contributed by atoms with Gasteiger partial charge in [0.2, 0.25) is 0 Å². The summed E-state index contributed by atoms with van der Waals surface area (Å²) in [5, 5.41) is 0. The van der Waals surface area contributed by atoms with Crippen molar-refractivity contribution in [1.29, 1.82) is 0 Å². The molecular weight excluding hydrogens is 144 g/mol. The summed E-state index contributed by atoms with van der Waals surface area (Å²) >= 11 is 0. The molecule has 0 heteroatoms. The van der Waals surface area contributed by atoms with Gasteiger partial charge in [0.15, 0.2) is 0 Å². The van der Waals surface area contributed by atoms with E-state index in [9.17, 15) is 0 Å². The van der Waals surface area contributed by atoms with Gasteiger partial charge in [-0.15, -0.1) is 6.42 Å². The second-order valence-corrected chi connectivity index (χ2v) is 2.71. The van der Waals surface area contributed by atoms with Gasteiger partial charge >= 0.3 is 0 Å². The monoisotopic (exact) mass is 156 g/mol. The number of allylic oxidation sites excluding steroid dienone is 2. The summed E-state index contributed by atoms with van der Waals surface area (Å²) in [5.74, 6) is 2.65. The molecule has 0 fully saturated rings. The quantitative estimate of drug-likeness (QED) is 0.548. The fraction of sp³-hybridized carbons (Fsp3) is 0.167. The van der Waals surface area contributed by atoms with Crippen LogP contribution in [0.2, 0.25) is 0 Å². The van der Waals surface area contributed by atoms with E-state index in [1.54, 1.807) is 0 Å². The SMILES string of the molecule is C#CC(=CC)c1ccc(C)cc1. The number of hydrogen-bond donors (Lipinski definition) is 0. The van der Waals surface area contributed by atoms with Crippen LogP contribution in [0, 0.1) is 19.3 Å². The van der Waals surface area contributed by atoms with Crippen LogP contribution >= 0.6 is 0 Å². The van der Waals surface area contributed by atoms with Crippen molar-refractivity contribution in [2.45, 2.75) is 13.8 Å². The summed E-state index contributed by atoms with van der Waals surface area (Å²) in [6.07, 6.45) is 7.28. The van der Waals surface area contributed by atoms with Crippen molar-refractivity contribution in [1.82, 2.24) is 0 Å².